The van der Waals surface area contributed by atoms with Crippen LogP contribution in [0.4, 0.5) is 10.1 Å². The number of aromatic nitrogens is 2. The number of carbonyl (C=O) groups excluding carboxylic acids is 1. The van der Waals surface area contributed by atoms with Crippen molar-refractivity contribution in [1.82, 2.24) is 9.55 Å². The Morgan fingerprint density at radius 2 is 2.07 bits per heavy atom. The molecule has 0 unspecified atom stereocenters. The van der Waals surface area contributed by atoms with Gasteiger partial charge in [-0.25, -0.2) is 9.37 Å². The second kappa shape index (κ2) is 9.26. The van der Waals surface area contributed by atoms with Crippen LogP contribution in [0.3, 0.4) is 0 Å². The SMILES string of the molecule is N#CCSc1ccccc1NC(=O)CSc1nccn1-c1cccc(F)c1. The number of nitriles is 1. The van der Waals surface area contributed by atoms with E-state index >= 15 is 0 Å². The molecule has 0 aliphatic carbocycles. The first-order valence-corrected chi connectivity index (χ1v) is 9.95. The van der Waals surface area contributed by atoms with Gasteiger partial charge in [-0.05, 0) is 30.3 Å². The molecule has 0 radical (unpaired) electrons. The van der Waals surface area contributed by atoms with Gasteiger partial charge >= 0.3 is 0 Å². The van der Waals surface area contributed by atoms with E-state index in [2.05, 4.69) is 16.4 Å². The van der Waals surface area contributed by atoms with Gasteiger partial charge < -0.3 is 5.32 Å². The summed E-state index contributed by atoms with van der Waals surface area (Å²) in [6.07, 6.45) is 3.34. The average Bonchev–Trinajstić information content (AvgIpc) is 3.14. The zero-order chi connectivity index (χ0) is 19.1. The first-order chi connectivity index (χ1) is 13.2. The van der Waals surface area contributed by atoms with Crippen LogP contribution >= 0.6 is 23.5 Å². The molecule has 27 heavy (non-hydrogen) atoms. The first-order valence-electron chi connectivity index (χ1n) is 7.98. The number of para-hydroxylation sites is 1. The number of rotatable bonds is 7. The number of anilines is 1. The van der Waals surface area contributed by atoms with Crippen LogP contribution in [-0.2, 0) is 4.79 Å². The van der Waals surface area contributed by atoms with Gasteiger partial charge in [0.25, 0.3) is 0 Å². The second-order valence-corrected chi connectivity index (χ2v) is 7.30. The Bertz CT molecular complexity index is 984. The van der Waals surface area contributed by atoms with Crippen molar-refractivity contribution in [3.05, 3.63) is 66.7 Å². The summed E-state index contributed by atoms with van der Waals surface area (Å²) in [6, 6.07) is 15.6. The zero-order valence-electron chi connectivity index (χ0n) is 14.1. The van der Waals surface area contributed by atoms with E-state index < -0.39 is 0 Å². The van der Waals surface area contributed by atoms with Crippen LogP contribution in [0, 0.1) is 17.1 Å². The maximum atomic E-state index is 13.4. The van der Waals surface area contributed by atoms with Crippen LogP contribution < -0.4 is 5.32 Å². The molecule has 136 valence electrons. The van der Waals surface area contributed by atoms with E-state index in [9.17, 15) is 9.18 Å². The third-order valence-corrected chi connectivity index (χ3v) is 5.39. The van der Waals surface area contributed by atoms with E-state index in [1.165, 1.54) is 35.7 Å². The highest BCUT2D eigenvalue weighted by atomic mass is 32.2. The molecule has 0 saturated carbocycles. The number of hydrogen-bond donors (Lipinski definition) is 1. The molecule has 1 amide bonds. The molecule has 2 aromatic carbocycles. The van der Waals surface area contributed by atoms with E-state index in [1.807, 2.05) is 18.2 Å². The molecule has 0 spiro atoms. The minimum atomic E-state index is -0.332. The molecule has 1 N–H and O–H groups in total. The number of benzene rings is 2. The van der Waals surface area contributed by atoms with Gasteiger partial charge in [0.1, 0.15) is 5.82 Å². The monoisotopic (exact) mass is 398 g/mol. The predicted molar refractivity (Wildman–Crippen MR) is 106 cm³/mol. The summed E-state index contributed by atoms with van der Waals surface area (Å²) in [7, 11) is 0. The van der Waals surface area contributed by atoms with Gasteiger partial charge in [0, 0.05) is 17.3 Å². The molecule has 8 heteroatoms. The molecule has 1 aromatic heterocycles. The number of nitrogens with zero attached hydrogens (tertiary/aromatic N) is 3. The summed E-state index contributed by atoms with van der Waals surface area (Å²) in [5, 5.41) is 12.2. The number of hydrogen-bond acceptors (Lipinski definition) is 5. The van der Waals surface area contributed by atoms with Crippen molar-refractivity contribution < 1.29 is 9.18 Å². The Balaban J connectivity index is 1.64. The molecule has 0 fully saturated rings. The van der Waals surface area contributed by atoms with E-state index in [-0.39, 0.29) is 17.5 Å². The van der Waals surface area contributed by atoms with E-state index in [1.54, 1.807) is 35.2 Å². The Kier molecular flexibility index (Phi) is 6.52. The summed E-state index contributed by atoms with van der Waals surface area (Å²) >= 11 is 2.64. The lowest BCUT2D eigenvalue weighted by Gasteiger charge is -2.10. The van der Waals surface area contributed by atoms with Crippen molar-refractivity contribution in [3.8, 4) is 11.8 Å². The Morgan fingerprint density at radius 1 is 1.22 bits per heavy atom. The van der Waals surface area contributed by atoms with Crippen LogP contribution in [0.15, 0.2) is 71.0 Å². The lowest BCUT2D eigenvalue weighted by Crippen LogP contribution is -2.15. The molecular weight excluding hydrogens is 383 g/mol. The molecule has 0 aliphatic heterocycles. The van der Waals surface area contributed by atoms with Crippen LogP contribution in [-0.4, -0.2) is 27.0 Å². The topological polar surface area (TPSA) is 70.7 Å². The molecular formula is C19H15FN4OS2. The summed E-state index contributed by atoms with van der Waals surface area (Å²) in [4.78, 5) is 17.4. The molecule has 0 aliphatic rings. The van der Waals surface area contributed by atoms with Crippen molar-refractivity contribution >= 4 is 35.1 Å². The summed E-state index contributed by atoms with van der Waals surface area (Å²) < 4.78 is 15.2. The van der Waals surface area contributed by atoms with Crippen molar-refractivity contribution in [1.29, 1.82) is 5.26 Å². The fourth-order valence-corrected chi connectivity index (χ4v) is 3.78. The maximum Gasteiger partial charge on any atom is 0.234 e. The number of thioether (sulfide) groups is 2. The van der Waals surface area contributed by atoms with Crippen LogP contribution in [0.2, 0.25) is 0 Å². The standard InChI is InChI=1S/C19H15FN4OS2/c20-14-4-3-5-15(12-14)24-10-9-22-19(24)27-13-18(25)23-16-6-1-2-7-17(16)26-11-8-21/h1-7,9-10,12H,11,13H2,(H,23,25). The quantitative estimate of drug-likeness (QED) is 0.599. The third-order valence-electron chi connectivity index (χ3n) is 3.48. The van der Waals surface area contributed by atoms with Gasteiger partial charge in [0.15, 0.2) is 5.16 Å². The Morgan fingerprint density at radius 3 is 2.89 bits per heavy atom. The Labute approximate surface area is 164 Å². The lowest BCUT2D eigenvalue weighted by atomic mass is 10.3. The molecule has 5 nitrogen and oxygen atoms in total. The van der Waals surface area contributed by atoms with Gasteiger partial charge in [-0.1, -0.05) is 30.0 Å². The first kappa shape index (κ1) is 19.0. The maximum absolute atomic E-state index is 13.4. The van der Waals surface area contributed by atoms with Crippen LogP contribution in [0.1, 0.15) is 0 Å². The largest absolute Gasteiger partial charge is 0.324 e. The third kappa shape index (κ3) is 5.12. The van der Waals surface area contributed by atoms with Crippen molar-refractivity contribution in [2.45, 2.75) is 10.1 Å². The summed E-state index contributed by atoms with van der Waals surface area (Å²) in [6.45, 7) is 0. The predicted octanol–water partition coefficient (Wildman–Crippen LogP) is 4.36. The van der Waals surface area contributed by atoms with Gasteiger partial charge in [0.05, 0.1) is 28.9 Å². The highest BCUT2D eigenvalue weighted by Gasteiger charge is 2.11. The minimum absolute atomic E-state index is 0.156. The van der Waals surface area contributed by atoms with E-state index in [0.29, 0.717) is 22.3 Å². The van der Waals surface area contributed by atoms with Crippen LogP contribution in [0.5, 0.6) is 0 Å². The second-order valence-electron chi connectivity index (χ2n) is 5.34. The van der Waals surface area contributed by atoms with Gasteiger partial charge in [0.2, 0.25) is 5.91 Å². The molecule has 0 atom stereocenters. The molecule has 3 rings (SSSR count). The summed E-state index contributed by atoms with van der Waals surface area (Å²) in [5.74, 6) is -0.0452. The zero-order valence-corrected chi connectivity index (χ0v) is 15.8. The van der Waals surface area contributed by atoms with E-state index in [4.69, 9.17) is 5.26 Å². The normalized spacial score (nSPS) is 10.4. The summed E-state index contributed by atoms with van der Waals surface area (Å²) in [5.41, 5.74) is 1.32. The number of carbonyl (C=O) groups is 1. The van der Waals surface area contributed by atoms with Gasteiger partial charge in [-0.2, -0.15) is 5.26 Å². The Hall–Kier alpha value is -2.76. The number of nitrogens with one attached hydrogen (secondary N) is 1. The number of amides is 1. The smallest absolute Gasteiger partial charge is 0.234 e. The molecule has 0 bridgehead atoms. The van der Waals surface area contributed by atoms with Crippen molar-refractivity contribution in [2.75, 3.05) is 16.8 Å². The lowest BCUT2D eigenvalue weighted by molar-refractivity contribution is -0.113. The molecule has 0 saturated heterocycles. The van der Waals surface area contributed by atoms with Gasteiger partial charge in [-0.3, -0.25) is 9.36 Å². The van der Waals surface area contributed by atoms with E-state index in [0.717, 1.165) is 4.90 Å². The van der Waals surface area contributed by atoms with Crippen LogP contribution in [0.25, 0.3) is 5.69 Å². The minimum Gasteiger partial charge on any atom is -0.324 e. The molecule has 3 aromatic rings. The fraction of sp³-hybridized carbons (Fsp3) is 0.105. The highest BCUT2D eigenvalue weighted by Crippen LogP contribution is 2.27. The van der Waals surface area contributed by atoms with Crippen molar-refractivity contribution in [2.24, 2.45) is 0 Å². The fourth-order valence-electron chi connectivity index (χ4n) is 2.34. The highest BCUT2D eigenvalue weighted by molar-refractivity contribution is 8.00. The molecule has 1 heterocycles. The van der Waals surface area contributed by atoms with Crippen molar-refractivity contribution in [3.63, 3.8) is 0 Å². The average molecular weight is 398 g/mol. The van der Waals surface area contributed by atoms with Gasteiger partial charge in [-0.15, -0.1) is 11.8 Å². The number of imidazole rings is 1. The number of halogens is 1.